The summed E-state index contributed by atoms with van der Waals surface area (Å²) in [5, 5.41) is 4.28. The molecule has 0 fully saturated rings. The third-order valence-electron chi connectivity index (χ3n) is 3.23. The predicted molar refractivity (Wildman–Crippen MR) is 61.5 cm³/mol. The van der Waals surface area contributed by atoms with Crippen molar-refractivity contribution in [1.82, 2.24) is 14.7 Å². The first kappa shape index (κ1) is 10.5. The summed E-state index contributed by atoms with van der Waals surface area (Å²) in [5.74, 6) is 0.709. The van der Waals surface area contributed by atoms with Crippen molar-refractivity contribution in [3.8, 4) is 0 Å². The fourth-order valence-electron chi connectivity index (χ4n) is 2.17. The van der Waals surface area contributed by atoms with Crippen LogP contribution in [0.4, 0.5) is 5.82 Å². The number of nitrogen functional groups attached to an aromatic ring is 1. The van der Waals surface area contributed by atoms with E-state index < -0.39 is 0 Å². The second-order valence-electron chi connectivity index (χ2n) is 5.28. The standard InChI is InChI=1S/C11H20N4/c1-11(2,3)15-6-5-8-9(7-15)14(4)13-10(8)12/h5-7H2,1-4H3,(H2,12,13). The second-order valence-corrected chi connectivity index (χ2v) is 5.28. The summed E-state index contributed by atoms with van der Waals surface area (Å²) < 4.78 is 1.92. The predicted octanol–water partition coefficient (Wildman–Crippen LogP) is 1.16. The van der Waals surface area contributed by atoms with E-state index in [0.717, 1.165) is 19.5 Å². The van der Waals surface area contributed by atoms with Crippen LogP contribution in [0.15, 0.2) is 0 Å². The van der Waals surface area contributed by atoms with Crippen LogP contribution in [0.3, 0.4) is 0 Å². The van der Waals surface area contributed by atoms with Gasteiger partial charge in [-0.05, 0) is 27.2 Å². The lowest BCUT2D eigenvalue weighted by Crippen LogP contribution is -2.44. The van der Waals surface area contributed by atoms with E-state index in [1.807, 2.05) is 11.7 Å². The highest BCUT2D eigenvalue weighted by atomic mass is 15.3. The van der Waals surface area contributed by atoms with Crippen molar-refractivity contribution in [2.45, 2.75) is 39.3 Å². The first-order valence-corrected chi connectivity index (χ1v) is 5.45. The van der Waals surface area contributed by atoms with E-state index in [9.17, 15) is 0 Å². The minimum absolute atomic E-state index is 0.219. The maximum atomic E-state index is 5.87. The second kappa shape index (κ2) is 3.23. The molecule has 0 saturated heterocycles. The monoisotopic (exact) mass is 208 g/mol. The lowest BCUT2D eigenvalue weighted by Gasteiger charge is -2.38. The highest BCUT2D eigenvalue weighted by molar-refractivity contribution is 5.44. The summed E-state index contributed by atoms with van der Waals surface area (Å²) >= 11 is 0. The maximum absolute atomic E-state index is 5.87. The molecule has 0 saturated carbocycles. The van der Waals surface area contributed by atoms with Crippen LogP contribution in [0.25, 0.3) is 0 Å². The Balaban J connectivity index is 2.31. The normalized spacial score (nSPS) is 17.9. The average Bonchev–Trinajstić information content (AvgIpc) is 2.41. The number of aryl methyl sites for hydroxylation is 1. The summed E-state index contributed by atoms with van der Waals surface area (Å²) in [6.45, 7) is 8.78. The lowest BCUT2D eigenvalue weighted by atomic mass is 9.99. The van der Waals surface area contributed by atoms with Crippen molar-refractivity contribution in [1.29, 1.82) is 0 Å². The molecule has 1 aliphatic rings. The van der Waals surface area contributed by atoms with Gasteiger partial charge in [-0.3, -0.25) is 9.58 Å². The minimum atomic E-state index is 0.219. The summed E-state index contributed by atoms with van der Waals surface area (Å²) in [7, 11) is 1.97. The Hall–Kier alpha value is -1.03. The van der Waals surface area contributed by atoms with Crippen LogP contribution in [0, 0.1) is 0 Å². The molecule has 4 heteroatoms. The SMILES string of the molecule is Cn1nc(N)c2c1CN(C(C)(C)C)CC2. The van der Waals surface area contributed by atoms with Gasteiger partial charge in [0.2, 0.25) is 0 Å². The quantitative estimate of drug-likeness (QED) is 0.696. The molecule has 0 amide bonds. The van der Waals surface area contributed by atoms with E-state index >= 15 is 0 Å². The molecule has 15 heavy (non-hydrogen) atoms. The molecule has 2 rings (SSSR count). The van der Waals surface area contributed by atoms with Crippen LogP contribution in [-0.4, -0.2) is 26.8 Å². The molecule has 1 aromatic rings. The lowest BCUT2D eigenvalue weighted by molar-refractivity contribution is 0.117. The van der Waals surface area contributed by atoms with Gasteiger partial charge in [0.25, 0.3) is 0 Å². The number of nitrogens with two attached hydrogens (primary N) is 1. The van der Waals surface area contributed by atoms with Crippen LogP contribution in [0.5, 0.6) is 0 Å². The first-order chi connectivity index (χ1) is 6.89. The number of hydrogen-bond acceptors (Lipinski definition) is 3. The highest BCUT2D eigenvalue weighted by Gasteiger charge is 2.28. The smallest absolute Gasteiger partial charge is 0.149 e. The molecule has 0 bridgehead atoms. The van der Waals surface area contributed by atoms with Crippen molar-refractivity contribution in [2.75, 3.05) is 12.3 Å². The molecular formula is C11H20N4. The van der Waals surface area contributed by atoms with Gasteiger partial charge in [-0.1, -0.05) is 0 Å². The van der Waals surface area contributed by atoms with Crippen LogP contribution in [0.2, 0.25) is 0 Å². The van der Waals surface area contributed by atoms with Gasteiger partial charge in [-0.2, -0.15) is 5.10 Å². The molecule has 84 valence electrons. The molecule has 0 radical (unpaired) electrons. The van der Waals surface area contributed by atoms with Crippen LogP contribution >= 0.6 is 0 Å². The Labute approximate surface area is 91.1 Å². The first-order valence-electron chi connectivity index (χ1n) is 5.45. The molecule has 2 heterocycles. The molecule has 0 spiro atoms. The highest BCUT2D eigenvalue weighted by Crippen LogP contribution is 2.27. The van der Waals surface area contributed by atoms with Crippen LogP contribution < -0.4 is 5.73 Å². The fourth-order valence-corrected chi connectivity index (χ4v) is 2.17. The molecule has 1 aliphatic heterocycles. The van der Waals surface area contributed by atoms with E-state index in [1.165, 1.54) is 11.3 Å². The summed E-state index contributed by atoms with van der Waals surface area (Å²) in [6, 6.07) is 0. The molecule has 4 nitrogen and oxygen atoms in total. The van der Waals surface area contributed by atoms with E-state index in [-0.39, 0.29) is 5.54 Å². The van der Waals surface area contributed by atoms with E-state index in [2.05, 4.69) is 30.8 Å². The molecule has 1 aromatic heterocycles. The Morgan fingerprint density at radius 1 is 1.33 bits per heavy atom. The van der Waals surface area contributed by atoms with E-state index in [0.29, 0.717) is 5.82 Å². The zero-order valence-electron chi connectivity index (χ0n) is 10.0. The minimum Gasteiger partial charge on any atom is -0.382 e. The third kappa shape index (κ3) is 1.74. The molecule has 0 aromatic carbocycles. The summed E-state index contributed by atoms with van der Waals surface area (Å²) in [6.07, 6.45) is 1.02. The molecule has 2 N–H and O–H groups in total. The Morgan fingerprint density at radius 3 is 2.60 bits per heavy atom. The van der Waals surface area contributed by atoms with Gasteiger partial charge >= 0.3 is 0 Å². The van der Waals surface area contributed by atoms with Crippen molar-refractivity contribution >= 4 is 5.82 Å². The Morgan fingerprint density at radius 2 is 2.00 bits per heavy atom. The van der Waals surface area contributed by atoms with Gasteiger partial charge in [-0.15, -0.1) is 0 Å². The number of fused-ring (bicyclic) bond motifs is 1. The van der Waals surface area contributed by atoms with Crippen LogP contribution in [-0.2, 0) is 20.0 Å². The number of rotatable bonds is 0. The number of nitrogens with zero attached hydrogens (tertiary/aromatic N) is 3. The number of aromatic nitrogens is 2. The van der Waals surface area contributed by atoms with Crippen molar-refractivity contribution in [3.63, 3.8) is 0 Å². The zero-order valence-corrected chi connectivity index (χ0v) is 10.0. The van der Waals surface area contributed by atoms with Gasteiger partial charge in [0.1, 0.15) is 5.82 Å². The summed E-state index contributed by atoms with van der Waals surface area (Å²) in [4.78, 5) is 2.47. The Kier molecular flexibility index (Phi) is 2.26. The van der Waals surface area contributed by atoms with Crippen molar-refractivity contribution in [3.05, 3.63) is 11.3 Å². The third-order valence-corrected chi connectivity index (χ3v) is 3.23. The zero-order chi connectivity index (χ0) is 11.2. The van der Waals surface area contributed by atoms with E-state index in [1.54, 1.807) is 0 Å². The Bertz CT molecular complexity index is 373. The molecule has 0 atom stereocenters. The van der Waals surface area contributed by atoms with Gasteiger partial charge < -0.3 is 5.73 Å². The largest absolute Gasteiger partial charge is 0.382 e. The van der Waals surface area contributed by atoms with Crippen LogP contribution in [0.1, 0.15) is 32.0 Å². The van der Waals surface area contributed by atoms with Crippen molar-refractivity contribution < 1.29 is 0 Å². The maximum Gasteiger partial charge on any atom is 0.149 e. The van der Waals surface area contributed by atoms with Gasteiger partial charge in [-0.25, -0.2) is 0 Å². The van der Waals surface area contributed by atoms with E-state index in [4.69, 9.17) is 5.73 Å². The van der Waals surface area contributed by atoms with Crippen molar-refractivity contribution in [2.24, 2.45) is 7.05 Å². The topological polar surface area (TPSA) is 47.1 Å². The molecular weight excluding hydrogens is 188 g/mol. The van der Waals surface area contributed by atoms with Gasteiger partial charge in [0, 0.05) is 31.2 Å². The summed E-state index contributed by atoms with van der Waals surface area (Å²) in [5.41, 5.74) is 8.61. The molecule has 0 unspecified atom stereocenters. The molecule has 0 aliphatic carbocycles. The van der Waals surface area contributed by atoms with Gasteiger partial charge in [0.05, 0.1) is 5.69 Å². The van der Waals surface area contributed by atoms with Gasteiger partial charge in [0.15, 0.2) is 0 Å². The number of hydrogen-bond donors (Lipinski definition) is 1. The average molecular weight is 208 g/mol. The number of anilines is 1. The fraction of sp³-hybridized carbons (Fsp3) is 0.727.